The van der Waals surface area contributed by atoms with Gasteiger partial charge in [0.2, 0.25) is 10.0 Å². The minimum atomic E-state index is -3.51. The topological polar surface area (TPSA) is 70.7 Å². The molecule has 0 spiro atoms. The fraction of sp³-hybridized carbons (Fsp3) is 0.684. The predicted octanol–water partition coefficient (Wildman–Crippen LogP) is 2.21. The van der Waals surface area contributed by atoms with Crippen molar-refractivity contribution in [1.82, 2.24) is 9.62 Å². The molecular weight excluding hydrogens is 350 g/mol. The van der Waals surface area contributed by atoms with E-state index in [0.29, 0.717) is 17.5 Å². The predicted molar refractivity (Wildman–Crippen MR) is 102 cm³/mol. The number of nitrogens with zero attached hydrogens (tertiary/aromatic N) is 1. The van der Waals surface area contributed by atoms with E-state index in [1.54, 1.807) is 12.1 Å². The normalized spacial score (nSPS) is 23.5. The molecule has 1 atom stereocenters. The molecule has 2 N–H and O–H groups in total. The molecule has 0 bridgehead atoms. The van der Waals surface area contributed by atoms with E-state index in [1.165, 1.54) is 45.8 Å². The standard InChI is InChI=1S/C19H29N3O3S/c1-20-26(23,24)18-9-8-17-16(5-3-11-25-17)19(18)21-12-15-4-2-10-22(15)13-14-6-7-14/h8-9,14-15,20-21H,2-7,10-13H2,1H3. The first-order valence-electron chi connectivity index (χ1n) is 9.78. The van der Waals surface area contributed by atoms with Crippen LogP contribution in [-0.4, -0.2) is 52.6 Å². The summed E-state index contributed by atoms with van der Waals surface area (Å²) in [7, 11) is -2.05. The molecule has 0 radical (unpaired) electrons. The Labute approximate surface area is 156 Å². The Morgan fingerprint density at radius 3 is 2.85 bits per heavy atom. The van der Waals surface area contributed by atoms with Crippen LogP contribution in [0.4, 0.5) is 5.69 Å². The molecule has 1 saturated heterocycles. The van der Waals surface area contributed by atoms with Crippen molar-refractivity contribution in [2.75, 3.05) is 38.6 Å². The zero-order valence-electron chi connectivity index (χ0n) is 15.5. The van der Waals surface area contributed by atoms with Gasteiger partial charge < -0.3 is 10.1 Å². The first-order chi connectivity index (χ1) is 12.6. The maximum Gasteiger partial charge on any atom is 0.242 e. The molecule has 1 aliphatic carbocycles. The zero-order chi connectivity index (χ0) is 18.1. The van der Waals surface area contributed by atoms with Gasteiger partial charge in [-0.1, -0.05) is 0 Å². The fourth-order valence-electron chi connectivity index (χ4n) is 4.17. The molecule has 2 aliphatic heterocycles. The molecule has 3 aliphatic rings. The van der Waals surface area contributed by atoms with E-state index in [4.69, 9.17) is 4.74 Å². The number of nitrogens with one attached hydrogen (secondary N) is 2. The van der Waals surface area contributed by atoms with Crippen LogP contribution in [0.15, 0.2) is 17.0 Å². The van der Waals surface area contributed by atoms with E-state index in [-0.39, 0.29) is 0 Å². The zero-order valence-corrected chi connectivity index (χ0v) is 16.3. The van der Waals surface area contributed by atoms with E-state index < -0.39 is 10.0 Å². The SMILES string of the molecule is CNS(=O)(=O)c1ccc2c(c1NCC1CCCN1CC1CC1)CCCO2. The summed E-state index contributed by atoms with van der Waals surface area (Å²) in [5, 5.41) is 3.51. The fourth-order valence-corrected chi connectivity index (χ4v) is 5.10. The van der Waals surface area contributed by atoms with Gasteiger partial charge in [0.25, 0.3) is 0 Å². The van der Waals surface area contributed by atoms with Gasteiger partial charge in [0, 0.05) is 24.7 Å². The van der Waals surface area contributed by atoms with E-state index in [1.807, 2.05) is 0 Å². The molecule has 26 heavy (non-hydrogen) atoms. The number of fused-ring (bicyclic) bond motifs is 1. The van der Waals surface area contributed by atoms with Gasteiger partial charge in [-0.3, -0.25) is 4.90 Å². The van der Waals surface area contributed by atoms with Crippen LogP contribution in [0.3, 0.4) is 0 Å². The van der Waals surface area contributed by atoms with Gasteiger partial charge >= 0.3 is 0 Å². The molecule has 7 heteroatoms. The highest BCUT2D eigenvalue weighted by atomic mass is 32.2. The molecule has 1 aromatic carbocycles. The third-order valence-corrected chi connectivity index (χ3v) is 7.28. The minimum absolute atomic E-state index is 0.330. The molecule has 1 saturated carbocycles. The highest BCUT2D eigenvalue weighted by Gasteiger charge is 2.31. The van der Waals surface area contributed by atoms with Crippen LogP contribution in [0.25, 0.3) is 0 Å². The lowest BCUT2D eigenvalue weighted by molar-refractivity contribution is 0.252. The van der Waals surface area contributed by atoms with E-state index in [9.17, 15) is 8.42 Å². The van der Waals surface area contributed by atoms with Gasteiger partial charge in [-0.05, 0) is 70.2 Å². The number of likely N-dealkylation sites (tertiary alicyclic amines) is 1. The largest absolute Gasteiger partial charge is 0.493 e. The molecule has 0 aromatic heterocycles. The molecule has 4 rings (SSSR count). The van der Waals surface area contributed by atoms with E-state index >= 15 is 0 Å². The molecule has 0 amide bonds. The van der Waals surface area contributed by atoms with Crippen molar-refractivity contribution in [1.29, 1.82) is 0 Å². The summed E-state index contributed by atoms with van der Waals surface area (Å²) in [6.07, 6.45) is 6.91. The second-order valence-corrected chi connectivity index (χ2v) is 9.55. The molecule has 2 fully saturated rings. The van der Waals surface area contributed by atoms with Crippen LogP contribution in [0.2, 0.25) is 0 Å². The average molecular weight is 380 g/mol. The Morgan fingerprint density at radius 2 is 2.08 bits per heavy atom. The van der Waals surface area contributed by atoms with Gasteiger partial charge in [0.05, 0.1) is 12.3 Å². The molecule has 2 heterocycles. The van der Waals surface area contributed by atoms with Crippen LogP contribution < -0.4 is 14.8 Å². The summed E-state index contributed by atoms with van der Waals surface area (Å²) in [5.41, 5.74) is 1.73. The number of hydrogen-bond donors (Lipinski definition) is 2. The van der Waals surface area contributed by atoms with Crippen LogP contribution >= 0.6 is 0 Å². The summed E-state index contributed by atoms with van der Waals surface area (Å²) >= 11 is 0. The molecule has 144 valence electrons. The first-order valence-corrected chi connectivity index (χ1v) is 11.3. The van der Waals surface area contributed by atoms with E-state index in [0.717, 1.165) is 42.3 Å². The monoisotopic (exact) mass is 379 g/mol. The third kappa shape index (κ3) is 3.70. The summed E-state index contributed by atoms with van der Waals surface area (Å²) < 4.78 is 33.2. The van der Waals surface area contributed by atoms with Gasteiger partial charge in [-0.2, -0.15) is 0 Å². The summed E-state index contributed by atoms with van der Waals surface area (Å²) in [6, 6.07) is 3.94. The minimum Gasteiger partial charge on any atom is -0.493 e. The summed E-state index contributed by atoms with van der Waals surface area (Å²) in [4.78, 5) is 2.92. The average Bonchev–Trinajstić information content (AvgIpc) is 3.36. The highest BCUT2D eigenvalue weighted by Crippen LogP contribution is 2.37. The Balaban J connectivity index is 1.57. The van der Waals surface area contributed by atoms with Crippen molar-refractivity contribution < 1.29 is 13.2 Å². The van der Waals surface area contributed by atoms with Crippen molar-refractivity contribution in [3.05, 3.63) is 17.7 Å². The lowest BCUT2D eigenvalue weighted by atomic mass is 10.0. The Kier molecular flexibility index (Phi) is 5.12. The van der Waals surface area contributed by atoms with Crippen LogP contribution in [0, 0.1) is 5.92 Å². The van der Waals surface area contributed by atoms with Gasteiger partial charge in [-0.25, -0.2) is 13.1 Å². The number of sulfonamides is 1. The number of rotatable bonds is 7. The number of ether oxygens (including phenoxy) is 1. The Bertz CT molecular complexity index is 762. The quantitative estimate of drug-likeness (QED) is 0.760. The van der Waals surface area contributed by atoms with E-state index in [2.05, 4.69) is 14.9 Å². The molecule has 1 unspecified atom stereocenters. The lowest BCUT2D eigenvalue weighted by Gasteiger charge is -2.27. The number of hydrogen-bond acceptors (Lipinski definition) is 5. The lowest BCUT2D eigenvalue weighted by Crippen LogP contribution is -2.36. The van der Waals surface area contributed by atoms with Crippen molar-refractivity contribution in [2.45, 2.75) is 49.5 Å². The third-order valence-electron chi connectivity index (χ3n) is 5.82. The molecule has 1 aromatic rings. The maximum atomic E-state index is 12.5. The summed E-state index contributed by atoms with van der Waals surface area (Å²) in [5.74, 6) is 1.70. The van der Waals surface area contributed by atoms with Crippen molar-refractivity contribution >= 4 is 15.7 Å². The second kappa shape index (κ2) is 7.37. The number of benzene rings is 1. The Hall–Kier alpha value is -1.31. The van der Waals surface area contributed by atoms with Gasteiger partial charge in [0.1, 0.15) is 10.6 Å². The van der Waals surface area contributed by atoms with Gasteiger partial charge in [-0.15, -0.1) is 0 Å². The van der Waals surface area contributed by atoms with Crippen molar-refractivity contribution in [3.63, 3.8) is 0 Å². The van der Waals surface area contributed by atoms with Crippen molar-refractivity contribution in [2.24, 2.45) is 5.92 Å². The number of anilines is 1. The van der Waals surface area contributed by atoms with Crippen molar-refractivity contribution in [3.8, 4) is 5.75 Å². The maximum absolute atomic E-state index is 12.5. The molecule has 6 nitrogen and oxygen atoms in total. The smallest absolute Gasteiger partial charge is 0.242 e. The Morgan fingerprint density at radius 1 is 1.23 bits per heavy atom. The molecular formula is C19H29N3O3S. The van der Waals surface area contributed by atoms with Gasteiger partial charge in [0.15, 0.2) is 0 Å². The van der Waals surface area contributed by atoms with Crippen LogP contribution in [0.1, 0.15) is 37.7 Å². The highest BCUT2D eigenvalue weighted by molar-refractivity contribution is 7.89. The summed E-state index contributed by atoms with van der Waals surface area (Å²) in [6.45, 7) is 3.85. The first kappa shape index (κ1) is 18.1. The van der Waals surface area contributed by atoms with Crippen LogP contribution in [-0.2, 0) is 16.4 Å². The van der Waals surface area contributed by atoms with Crippen LogP contribution in [0.5, 0.6) is 5.75 Å². The second-order valence-electron chi connectivity index (χ2n) is 7.69.